The molecule has 0 aliphatic heterocycles. The van der Waals surface area contributed by atoms with Crippen LogP contribution in [0.4, 0.5) is 0 Å². The van der Waals surface area contributed by atoms with Crippen LogP contribution >= 0.6 is 0 Å². The molecule has 0 heterocycles. The molecule has 1 aromatic rings. The number of hydrogen-bond donors (Lipinski definition) is 2. The first kappa shape index (κ1) is 27.0. The molecule has 0 unspecified atom stereocenters. The minimum Gasteiger partial charge on any atom is -0.492 e. The first-order valence-corrected chi connectivity index (χ1v) is 15.6. The third kappa shape index (κ3) is 5.81. The van der Waals surface area contributed by atoms with Gasteiger partial charge in [0.05, 0.1) is 11.7 Å². The lowest BCUT2D eigenvalue weighted by Gasteiger charge is -2.58. The molecule has 0 atom stereocenters. The number of nitrogens with one attached hydrogen (secondary N) is 1. The molecular formula is C32H49NO5. The molecule has 1 aromatic carbocycles. The van der Waals surface area contributed by atoms with Crippen molar-refractivity contribution in [3.05, 3.63) is 29.8 Å². The van der Waals surface area contributed by atoms with Crippen molar-refractivity contribution in [2.45, 2.75) is 113 Å². The van der Waals surface area contributed by atoms with E-state index in [1.807, 2.05) is 7.11 Å². The summed E-state index contributed by atoms with van der Waals surface area (Å²) < 4.78 is 12.1. The zero-order chi connectivity index (χ0) is 26.0. The second-order valence-electron chi connectivity index (χ2n) is 13.3. The standard InChI is InChI=1S/C32H49NO5/c1-35-32(27-18-23-17-24(20-27)21-28(32)19-23)38-37-30-11-7-26(8-12-30)25-5-9-29(10-6-25)36-16-15-33-22-31(34)13-3-2-4-14-31/h5-6,9-10,23-24,26-28,30,33-34H,2-4,7-8,11-22H2,1H3. The van der Waals surface area contributed by atoms with Gasteiger partial charge in [-0.3, -0.25) is 0 Å². The molecule has 6 nitrogen and oxygen atoms in total. The van der Waals surface area contributed by atoms with E-state index in [4.69, 9.17) is 19.2 Å². The van der Waals surface area contributed by atoms with Crippen molar-refractivity contribution in [2.75, 3.05) is 26.8 Å². The average molecular weight is 528 g/mol. The molecule has 212 valence electrons. The summed E-state index contributed by atoms with van der Waals surface area (Å²) in [7, 11) is 1.83. The summed E-state index contributed by atoms with van der Waals surface area (Å²) in [6.45, 7) is 2.04. The second-order valence-corrected chi connectivity index (χ2v) is 13.3. The van der Waals surface area contributed by atoms with Crippen molar-refractivity contribution in [2.24, 2.45) is 23.7 Å². The van der Waals surface area contributed by atoms with Crippen LogP contribution < -0.4 is 10.1 Å². The third-order valence-electron chi connectivity index (χ3n) is 10.7. The van der Waals surface area contributed by atoms with Crippen molar-refractivity contribution in [3.8, 4) is 5.75 Å². The van der Waals surface area contributed by atoms with Gasteiger partial charge in [0.25, 0.3) is 0 Å². The van der Waals surface area contributed by atoms with Gasteiger partial charge in [0.15, 0.2) is 0 Å². The Kier molecular flexibility index (Phi) is 8.35. The lowest BCUT2D eigenvalue weighted by molar-refractivity contribution is -0.485. The molecule has 0 spiro atoms. The molecule has 7 rings (SSSR count). The minimum atomic E-state index is -0.517. The van der Waals surface area contributed by atoms with Gasteiger partial charge < -0.3 is 19.9 Å². The highest BCUT2D eigenvalue weighted by molar-refractivity contribution is 5.29. The van der Waals surface area contributed by atoms with E-state index < -0.39 is 11.4 Å². The fourth-order valence-electron chi connectivity index (χ4n) is 8.77. The molecule has 0 aromatic heterocycles. The van der Waals surface area contributed by atoms with Crippen molar-refractivity contribution in [1.82, 2.24) is 5.32 Å². The number of benzene rings is 1. The predicted octanol–water partition coefficient (Wildman–Crippen LogP) is 6.12. The molecular weight excluding hydrogens is 478 g/mol. The Bertz CT molecular complexity index is 862. The quantitative estimate of drug-likeness (QED) is 0.156. The maximum atomic E-state index is 10.6. The lowest BCUT2D eigenvalue weighted by Crippen LogP contribution is -2.60. The average Bonchev–Trinajstić information content (AvgIpc) is 2.94. The molecule has 6 heteroatoms. The van der Waals surface area contributed by atoms with E-state index in [2.05, 4.69) is 29.6 Å². The zero-order valence-corrected chi connectivity index (χ0v) is 23.4. The summed E-state index contributed by atoms with van der Waals surface area (Å²) in [5.41, 5.74) is 0.875. The van der Waals surface area contributed by atoms with Crippen LogP contribution in [-0.4, -0.2) is 49.4 Å². The Morgan fingerprint density at radius 3 is 2.16 bits per heavy atom. The number of ether oxygens (including phenoxy) is 2. The molecule has 38 heavy (non-hydrogen) atoms. The van der Waals surface area contributed by atoms with Crippen molar-refractivity contribution >= 4 is 0 Å². The Morgan fingerprint density at radius 1 is 0.868 bits per heavy atom. The molecule has 4 bridgehead atoms. The minimum absolute atomic E-state index is 0.164. The number of rotatable bonds is 11. The number of aliphatic hydroxyl groups is 1. The van der Waals surface area contributed by atoms with Crippen LogP contribution in [0.25, 0.3) is 0 Å². The number of hydrogen-bond acceptors (Lipinski definition) is 6. The molecule has 6 fully saturated rings. The van der Waals surface area contributed by atoms with Crippen LogP contribution in [0.15, 0.2) is 24.3 Å². The first-order chi connectivity index (χ1) is 18.6. The number of methoxy groups -OCH3 is 1. The zero-order valence-electron chi connectivity index (χ0n) is 23.4. The Balaban J connectivity index is 0.908. The van der Waals surface area contributed by atoms with E-state index >= 15 is 0 Å². The maximum Gasteiger partial charge on any atom is 0.207 e. The van der Waals surface area contributed by atoms with Crippen LogP contribution in [0.3, 0.4) is 0 Å². The van der Waals surface area contributed by atoms with E-state index in [-0.39, 0.29) is 6.10 Å². The molecule has 0 saturated heterocycles. The van der Waals surface area contributed by atoms with Crippen LogP contribution in [0.1, 0.15) is 101 Å². The van der Waals surface area contributed by atoms with Crippen LogP contribution in [0, 0.1) is 23.7 Å². The smallest absolute Gasteiger partial charge is 0.207 e. The summed E-state index contributed by atoms with van der Waals surface area (Å²) in [6, 6.07) is 8.66. The highest BCUT2D eigenvalue weighted by Gasteiger charge is 2.60. The molecule has 6 aliphatic rings. The van der Waals surface area contributed by atoms with Gasteiger partial charge in [0.2, 0.25) is 5.79 Å². The van der Waals surface area contributed by atoms with E-state index in [1.165, 1.54) is 44.1 Å². The van der Waals surface area contributed by atoms with Gasteiger partial charge in [-0.2, -0.15) is 0 Å². The predicted molar refractivity (Wildman–Crippen MR) is 147 cm³/mol. The van der Waals surface area contributed by atoms with Gasteiger partial charge in [-0.25, -0.2) is 9.78 Å². The molecule has 0 radical (unpaired) electrons. The van der Waals surface area contributed by atoms with E-state index in [0.29, 0.717) is 30.9 Å². The largest absolute Gasteiger partial charge is 0.492 e. The van der Waals surface area contributed by atoms with Crippen molar-refractivity contribution in [1.29, 1.82) is 0 Å². The Labute approximate surface area is 229 Å². The van der Waals surface area contributed by atoms with Crippen molar-refractivity contribution < 1.29 is 24.4 Å². The first-order valence-electron chi connectivity index (χ1n) is 15.6. The maximum absolute atomic E-state index is 10.6. The lowest BCUT2D eigenvalue weighted by atomic mass is 9.53. The molecule has 6 saturated carbocycles. The monoisotopic (exact) mass is 527 g/mol. The summed E-state index contributed by atoms with van der Waals surface area (Å²) in [4.78, 5) is 12.4. The van der Waals surface area contributed by atoms with E-state index in [9.17, 15) is 5.11 Å². The fourth-order valence-corrected chi connectivity index (χ4v) is 8.77. The van der Waals surface area contributed by atoms with Crippen molar-refractivity contribution in [3.63, 3.8) is 0 Å². The van der Waals surface area contributed by atoms with Gasteiger partial charge in [0.1, 0.15) is 12.4 Å². The van der Waals surface area contributed by atoms with Crippen LogP contribution in [-0.2, 0) is 14.5 Å². The van der Waals surface area contributed by atoms with Gasteiger partial charge >= 0.3 is 0 Å². The summed E-state index contributed by atoms with van der Waals surface area (Å²) in [6.07, 6.45) is 16.2. The van der Waals surface area contributed by atoms with E-state index in [0.717, 1.165) is 75.5 Å². The second kappa shape index (κ2) is 11.7. The summed E-state index contributed by atoms with van der Waals surface area (Å²) in [5, 5.41) is 14.0. The SMILES string of the molecule is COC1(OOC2CCC(c3ccc(OCCNCC4(O)CCCCC4)cc3)CC2)C2CC3CC(C2)CC1C3. The third-order valence-corrected chi connectivity index (χ3v) is 10.7. The van der Waals surface area contributed by atoms with Gasteiger partial charge in [-0.15, -0.1) is 0 Å². The Morgan fingerprint density at radius 2 is 1.53 bits per heavy atom. The van der Waals surface area contributed by atoms with Gasteiger partial charge in [-0.1, -0.05) is 31.4 Å². The van der Waals surface area contributed by atoms with Crippen LogP contribution in [0.2, 0.25) is 0 Å². The van der Waals surface area contributed by atoms with Gasteiger partial charge in [-0.05, 0) is 106 Å². The normalized spacial score (nSPS) is 37.8. The highest BCUT2D eigenvalue weighted by atomic mass is 17.2. The highest BCUT2D eigenvalue weighted by Crippen LogP contribution is 2.60. The van der Waals surface area contributed by atoms with Gasteiger partial charge in [0, 0.05) is 32.0 Å². The summed E-state index contributed by atoms with van der Waals surface area (Å²) in [5.74, 6) is 3.74. The Hall–Kier alpha value is -1.18. The van der Waals surface area contributed by atoms with Crippen LogP contribution in [0.5, 0.6) is 5.75 Å². The summed E-state index contributed by atoms with van der Waals surface area (Å²) >= 11 is 0. The molecule has 0 amide bonds. The van der Waals surface area contributed by atoms with E-state index in [1.54, 1.807) is 0 Å². The molecule has 6 aliphatic carbocycles. The molecule has 2 N–H and O–H groups in total. The topological polar surface area (TPSA) is 69.2 Å². The fraction of sp³-hybridized carbons (Fsp3) is 0.812.